The summed E-state index contributed by atoms with van der Waals surface area (Å²) in [5, 5.41) is 9.37. The van der Waals surface area contributed by atoms with E-state index in [0.29, 0.717) is 5.56 Å². The van der Waals surface area contributed by atoms with Gasteiger partial charge in [-0.15, -0.1) is 0 Å². The van der Waals surface area contributed by atoms with Crippen molar-refractivity contribution in [3.05, 3.63) is 82.8 Å². The molecular weight excluding hydrogens is 322 g/mol. The van der Waals surface area contributed by atoms with Gasteiger partial charge in [-0.3, -0.25) is 0 Å². The Hall–Kier alpha value is -2.37. The quantitative estimate of drug-likeness (QED) is 0.594. The summed E-state index contributed by atoms with van der Waals surface area (Å²) in [7, 11) is 0. The van der Waals surface area contributed by atoms with E-state index in [2.05, 4.69) is 40.2 Å². The van der Waals surface area contributed by atoms with Crippen LogP contribution in [0.15, 0.2) is 77.3 Å². The fourth-order valence-corrected chi connectivity index (χ4v) is 3.03. The summed E-state index contributed by atoms with van der Waals surface area (Å²) in [6.07, 6.45) is 0. The van der Waals surface area contributed by atoms with Crippen LogP contribution >= 0.6 is 15.9 Å². The molecule has 0 atom stereocenters. The molecule has 0 spiro atoms. The van der Waals surface area contributed by atoms with Crippen LogP contribution in [-0.2, 0) is 0 Å². The zero-order chi connectivity index (χ0) is 14.7. The Morgan fingerprint density at radius 3 is 2.14 bits per heavy atom. The van der Waals surface area contributed by atoms with Gasteiger partial charge in [-0.05, 0) is 23.3 Å². The van der Waals surface area contributed by atoms with Gasteiger partial charge >= 0.3 is 0 Å². The maximum absolute atomic E-state index is 9.37. The van der Waals surface area contributed by atoms with Gasteiger partial charge in [0.1, 0.15) is 0 Å². The summed E-state index contributed by atoms with van der Waals surface area (Å²) in [6.45, 7) is 0. The fraction of sp³-hybridized carbons (Fsp3) is 0. The Morgan fingerprint density at radius 1 is 0.714 bits per heavy atom. The molecule has 3 aromatic carbocycles. The highest BCUT2D eigenvalue weighted by Gasteiger charge is 2.13. The van der Waals surface area contributed by atoms with E-state index in [0.717, 1.165) is 26.7 Å². The maximum atomic E-state index is 9.37. The highest BCUT2D eigenvalue weighted by atomic mass is 79.9. The average Bonchev–Trinajstić information content (AvgIpc) is 2.55. The Bertz CT molecular complexity index is 816. The zero-order valence-corrected chi connectivity index (χ0v) is 12.8. The van der Waals surface area contributed by atoms with Crippen molar-refractivity contribution in [2.24, 2.45) is 0 Å². The first-order valence-corrected chi connectivity index (χ1v) is 7.44. The normalized spacial score (nSPS) is 10.1. The monoisotopic (exact) mass is 333 g/mol. The van der Waals surface area contributed by atoms with Crippen LogP contribution in [0.3, 0.4) is 0 Å². The Balaban J connectivity index is 2.31. The number of halogens is 1. The van der Waals surface area contributed by atoms with Crippen LogP contribution in [-0.4, -0.2) is 0 Å². The second-order valence-corrected chi connectivity index (χ2v) is 5.54. The summed E-state index contributed by atoms with van der Waals surface area (Å²) in [6, 6.07) is 26.3. The Kier molecular flexibility index (Phi) is 3.85. The smallest absolute Gasteiger partial charge is 0.0998 e. The Labute approximate surface area is 132 Å². The van der Waals surface area contributed by atoms with Crippen molar-refractivity contribution in [2.75, 3.05) is 0 Å². The van der Waals surface area contributed by atoms with Gasteiger partial charge < -0.3 is 0 Å². The first-order valence-electron chi connectivity index (χ1n) is 6.64. The summed E-state index contributed by atoms with van der Waals surface area (Å²) >= 11 is 3.64. The topological polar surface area (TPSA) is 23.8 Å². The van der Waals surface area contributed by atoms with Crippen LogP contribution in [0.25, 0.3) is 22.3 Å². The molecule has 0 saturated heterocycles. The third kappa shape index (κ3) is 2.61. The van der Waals surface area contributed by atoms with E-state index in [1.807, 2.05) is 54.6 Å². The average molecular weight is 334 g/mol. The van der Waals surface area contributed by atoms with Gasteiger partial charge in [0.2, 0.25) is 0 Å². The molecule has 1 nitrogen and oxygen atoms in total. The van der Waals surface area contributed by atoms with Crippen LogP contribution < -0.4 is 0 Å². The molecule has 0 unspecified atom stereocenters. The van der Waals surface area contributed by atoms with Gasteiger partial charge in [-0.1, -0.05) is 76.6 Å². The van der Waals surface area contributed by atoms with Crippen LogP contribution in [0.4, 0.5) is 0 Å². The van der Waals surface area contributed by atoms with Gasteiger partial charge in [-0.2, -0.15) is 5.26 Å². The first-order chi connectivity index (χ1) is 10.3. The van der Waals surface area contributed by atoms with Crippen molar-refractivity contribution < 1.29 is 0 Å². The molecule has 21 heavy (non-hydrogen) atoms. The second kappa shape index (κ2) is 5.95. The van der Waals surface area contributed by atoms with Gasteiger partial charge in [0.25, 0.3) is 0 Å². The first kappa shape index (κ1) is 13.6. The fourth-order valence-electron chi connectivity index (χ4n) is 2.45. The minimum Gasteiger partial charge on any atom is -0.192 e. The van der Waals surface area contributed by atoms with Crippen molar-refractivity contribution in [3.8, 4) is 28.3 Å². The van der Waals surface area contributed by atoms with Crippen molar-refractivity contribution in [1.82, 2.24) is 0 Å². The van der Waals surface area contributed by atoms with E-state index in [9.17, 15) is 5.26 Å². The van der Waals surface area contributed by atoms with Gasteiger partial charge in [0.05, 0.1) is 11.6 Å². The summed E-state index contributed by atoms with van der Waals surface area (Å²) in [4.78, 5) is 0. The molecule has 3 rings (SSSR count). The van der Waals surface area contributed by atoms with E-state index in [1.54, 1.807) is 0 Å². The molecule has 0 bridgehead atoms. The van der Waals surface area contributed by atoms with Crippen molar-refractivity contribution in [1.29, 1.82) is 5.26 Å². The molecule has 0 aliphatic heterocycles. The molecule has 0 radical (unpaired) electrons. The van der Waals surface area contributed by atoms with Crippen LogP contribution in [0.5, 0.6) is 0 Å². The molecule has 0 heterocycles. The van der Waals surface area contributed by atoms with Crippen LogP contribution in [0.2, 0.25) is 0 Å². The number of nitriles is 1. The van der Waals surface area contributed by atoms with Crippen molar-refractivity contribution in [2.45, 2.75) is 0 Å². The molecule has 0 aromatic heterocycles. The zero-order valence-electron chi connectivity index (χ0n) is 11.3. The number of hydrogen-bond acceptors (Lipinski definition) is 1. The Morgan fingerprint density at radius 2 is 1.38 bits per heavy atom. The van der Waals surface area contributed by atoms with Crippen LogP contribution in [0.1, 0.15) is 5.56 Å². The molecular formula is C19H12BrN. The highest BCUT2D eigenvalue weighted by Crippen LogP contribution is 2.38. The predicted molar refractivity (Wildman–Crippen MR) is 89.7 cm³/mol. The molecule has 0 fully saturated rings. The lowest BCUT2D eigenvalue weighted by Crippen LogP contribution is -1.90. The summed E-state index contributed by atoms with van der Waals surface area (Å²) in [5.74, 6) is 0. The molecule has 0 N–H and O–H groups in total. The molecule has 3 aromatic rings. The number of nitrogens with zero attached hydrogens (tertiary/aromatic N) is 1. The van der Waals surface area contributed by atoms with E-state index in [4.69, 9.17) is 0 Å². The lowest BCUT2D eigenvalue weighted by Gasteiger charge is -2.13. The molecule has 100 valence electrons. The van der Waals surface area contributed by atoms with E-state index in [-0.39, 0.29) is 0 Å². The number of benzene rings is 3. The largest absolute Gasteiger partial charge is 0.192 e. The van der Waals surface area contributed by atoms with Crippen molar-refractivity contribution >= 4 is 15.9 Å². The summed E-state index contributed by atoms with van der Waals surface area (Å²) in [5.41, 5.74) is 4.95. The molecule has 0 saturated carbocycles. The third-order valence-corrected chi connectivity index (χ3v) is 4.08. The maximum Gasteiger partial charge on any atom is 0.0998 e. The molecule has 2 heteroatoms. The molecule has 0 aliphatic rings. The van der Waals surface area contributed by atoms with Gasteiger partial charge in [-0.25, -0.2) is 0 Å². The van der Waals surface area contributed by atoms with E-state index in [1.165, 1.54) is 0 Å². The predicted octanol–water partition coefficient (Wildman–Crippen LogP) is 5.65. The van der Waals surface area contributed by atoms with Crippen LogP contribution in [0, 0.1) is 11.3 Å². The summed E-state index contributed by atoms with van der Waals surface area (Å²) < 4.78 is 0.992. The van der Waals surface area contributed by atoms with Crippen molar-refractivity contribution in [3.63, 3.8) is 0 Å². The third-order valence-electron chi connectivity index (χ3n) is 3.42. The molecule has 0 aliphatic carbocycles. The lowest BCUT2D eigenvalue weighted by molar-refractivity contribution is 1.47. The number of hydrogen-bond donors (Lipinski definition) is 0. The minimum absolute atomic E-state index is 0.682. The SMILES string of the molecule is N#Cc1ccccc1-c1c(Br)cccc1-c1ccccc1. The van der Waals surface area contributed by atoms with Gasteiger partial charge in [0, 0.05) is 15.6 Å². The lowest BCUT2D eigenvalue weighted by atomic mass is 9.92. The van der Waals surface area contributed by atoms with E-state index < -0.39 is 0 Å². The second-order valence-electron chi connectivity index (χ2n) is 4.69. The number of rotatable bonds is 2. The minimum atomic E-state index is 0.682. The van der Waals surface area contributed by atoms with E-state index >= 15 is 0 Å². The molecule has 0 amide bonds. The highest BCUT2D eigenvalue weighted by molar-refractivity contribution is 9.10. The standard InChI is InChI=1S/C19H12BrN/c20-18-12-6-11-16(14-7-2-1-3-8-14)19(18)17-10-5-4-9-15(17)13-21/h1-12H. The van der Waals surface area contributed by atoms with Gasteiger partial charge in [0.15, 0.2) is 0 Å².